The summed E-state index contributed by atoms with van der Waals surface area (Å²) >= 11 is 0. The van der Waals surface area contributed by atoms with Crippen molar-refractivity contribution in [2.45, 2.75) is 20.4 Å². The van der Waals surface area contributed by atoms with Gasteiger partial charge >= 0.3 is 0 Å². The lowest BCUT2D eigenvalue weighted by Gasteiger charge is -2.00. The van der Waals surface area contributed by atoms with Gasteiger partial charge in [-0.3, -0.25) is 9.36 Å². The van der Waals surface area contributed by atoms with Crippen molar-refractivity contribution in [3.8, 4) is 0 Å². The molecule has 94 valence electrons. The maximum atomic E-state index is 4.34. The molecule has 1 N–H and O–H groups in total. The smallest absolute Gasteiger partial charge is 0.148 e. The van der Waals surface area contributed by atoms with Gasteiger partial charge in [0.25, 0.3) is 0 Å². The molecular weight excluding hydrogens is 238 g/mol. The van der Waals surface area contributed by atoms with Crippen LogP contribution in [0.1, 0.15) is 17.0 Å². The van der Waals surface area contributed by atoms with Gasteiger partial charge in [-0.05, 0) is 13.8 Å². The topological polar surface area (TPSA) is 47.7 Å². The Kier molecular flexibility index (Phi) is 4.17. The Hall–Kier alpha value is -1.49. The number of hydrogen-bond acceptors (Lipinski definition) is 3. The average molecular weight is 256 g/mol. The summed E-state index contributed by atoms with van der Waals surface area (Å²) in [4.78, 5) is 0. The highest BCUT2D eigenvalue weighted by atomic mass is 35.5. The third-order valence-electron chi connectivity index (χ3n) is 2.69. The minimum atomic E-state index is 0. The van der Waals surface area contributed by atoms with Crippen LogP contribution < -0.4 is 5.32 Å². The van der Waals surface area contributed by atoms with E-state index >= 15 is 0 Å². The van der Waals surface area contributed by atoms with E-state index in [2.05, 4.69) is 15.5 Å². The zero-order valence-electron chi connectivity index (χ0n) is 10.6. The number of halogens is 1. The molecule has 2 heterocycles. The summed E-state index contributed by atoms with van der Waals surface area (Å²) in [6.45, 7) is 4.81. The van der Waals surface area contributed by atoms with Crippen molar-refractivity contribution < 1.29 is 0 Å². The van der Waals surface area contributed by atoms with E-state index in [0.717, 1.165) is 23.8 Å². The van der Waals surface area contributed by atoms with Crippen LogP contribution in [0.15, 0.2) is 12.3 Å². The molecule has 0 atom stereocenters. The third kappa shape index (κ3) is 3.00. The van der Waals surface area contributed by atoms with Crippen LogP contribution in [-0.4, -0.2) is 19.6 Å². The molecule has 5 nitrogen and oxygen atoms in total. The molecule has 0 amide bonds. The van der Waals surface area contributed by atoms with Gasteiger partial charge in [0.2, 0.25) is 0 Å². The van der Waals surface area contributed by atoms with E-state index in [1.54, 1.807) is 0 Å². The largest absolute Gasteiger partial charge is 0.364 e. The molecule has 0 unspecified atom stereocenters. The highest BCUT2D eigenvalue weighted by molar-refractivity contribution is 5.85. The zero-order chi connectivity index (χ0) is 11.7. The number of aromatic nitrogens is 4. The van der Waals surface area contributed by atoms with E-state index in [1.807, 2.05) is 49.6 Å². The highest BCUT2D eigenvalue weighted by Gasteiger charge is 2.04. The molecule has 0 fully saturated rings. The second-order valence-electron chi connectivity index (χ2n) is 4.06. The van der Waals surface area contributed by atoms with Crippen LogP contribution in [0.4, 0.5) is 5.82 Å². The lowest BCUT2D eigenvalue weighted by Crippen LogP contribution is -2.01. The molecule has 6 heteroatoms. The van der Waals surface area contributed by atoms with Crippen LogP contribution in [0.3, 0.4) is 0 Å². The van der Waals surface area contributed by atoms with Crippen LogP contribution in [0.25, 0.3) is 0 Å². The maximum Gasteiger partial charge on any atom is 0.148 e. The normalized spacial score (nSPS) is 10.1. The summed E-state index contributed by atoms with van der Waals surface area (Å²) in [5.41, 5.74) is 3.40. The fourth-order valence-corrected chi connectivity index (χ4v) is 1.65. The average Bonchev–Trinajstić information content (AvgIpc) is 2.68. The van der Waals surface area contributed by atoms with Crippen molar-refractivity contribution in [3.63, 3.8) is 0 Å². The van der Waals surface area contributed by atoms with Gasteiger partial charge in [-0.1, -0.05) is 0 Å². The molecule has 17 heavy (non-hydrogen) atoms. The Balaban J connectivity index is 0.00000144. The van der Waals surface area contributed by atoms with Crippen LogP contribution in [0.5, 0.6) is 0 Å². The van der Waals surface area contributed by atoms with Crippen molar-refractivity contribution in [1.82, 2.24) is 19.6 Å². The monoisotopic (exact) mass is 255 g/mol. The van der Waals surface area contributed by atoms with Crippen molar-refractivity contribution >= 4 is 18.2 Å². The van der Waals surface area contributed by atoms with E-state index in [1.165, 1.54) is 5.56 Å². The van der Waals surface area contributed by atoms with Crippen LogP contribution in [0.2, 0.25) is 0 Å². The molecule has 0 aliphatic carbocycles. The van der Waals surface area contributed by atoms with Gasteiger partial charge in [0.15, 0.2) is 0 Å². The van der Waals surface area contributed by atoms with Gasteiger partial charge < -0.3 is 5.32 Å². The van der Waals surface area contributed by atoms with E-state index in [4.69, 9.17) is 0 Å². The number of hydrogen-bond donors (Lipinski definition) is 1. The third-order valence-corrected chi connectivity index (χ3v) is 2.69. The Morgan fingerprint density at radius 1 is 1.24 bits per heavy atom. The molecule has 0 aliphatic heterocycles. The van der Waals surface area contributed by atoms with Crippen LogP contribution in [-0.2, 0) is 20.6 Å². The molecular formula is C11H18ClN5. The molecule has 0 saturated carbocycles. The number of anilines is 1. The van der Waals surface area contributed by atoms with Crippen molar-refractivity contribution in [2.75, 3.05) is 5.32 Å². The second-order valence-corrected chi connectivity index (χ2v) is 4.06. The number of aryl methyl sites for hydroxylation is 4. The van der Waals surface area contributed by atoms with Gasteiger partial charge in [-0.2, -0.15) is 10.2 Å². The minimum absolute atomic E-state index is 0. The van der Waals surface area contributed by atoms with Gasteiger partial charge in [-0.15, -0.1) is 12.4 Å². The lowest BCUT2D eigenvalue weighted by atomic mass is 10.2. The predicted octanol–water partition coefficient (Wildman–Crippen LogP) is 1.80. The molecule has 2 aromatic heterocycles. The zero-order valence-corrected chi connectivity index (χ0v) is 11.4. The van der Waals surface area contributed by atoms with Crippen LogP contribution >= 0.6 is 12.4 Å². The molecule has 0 bridgehead atoms. The minimum Gasteiger partial charge on any atom is -0.364 e. The van der Waals surface area contributed by atoms with E-state index < -0.39 is 0 Å². The van der Waals surface area contributed by atoms with Gasteiger partial charge in [-0.25, -0.2) is 0 Å². The van der Waals surface area contributed by atoms with E-state index in [-0.39, 0.29) is 12.4 Å². The van der Waals surface area contributed by atoms with Crippen LogP contribution in [0, 0.1) is 13.8 Å². The molecule has 0 saturated heterocycles. The Bertz CT molecular complexity index is 480. The standard InChI is InChI=1S/C11H17N5.ClH/c1-8-5-11(14-16(8)4)12-6-10-7-15(3)13-9(10)2;/h5,7H,6H2,1-4H3,(H,12,14);1H. The summed E-state index contributed by atoms with van der Waals surface area (Å²) in [6, 6.07) is 2.03. The predicted molar refractivity (Wildman–Crippen MR) is 70.5 cm³/mol. The first-order valence-corrected chi connectivity index (χ1v) is 5.30. The van der Waals surface area contributed by atoms with Gasteiger partial charge in [0.1, 0.15) is 5.82 Å². The van der Waals surface area contributed by atoms with E-state index in [9.17, 15) is 0 Å². The molecule has 0 spiro atoms. The fourth-order valence-electron chi connectivity index (χ4n) is 1.65. The summed E-state index contributed by atoms with van der Waals surface area (Å²) in [5, 5.41) is 11.9. The molecule has 0 aromatic carbocycles. The number of rotatable bonds is 3. The Morgan fingerprint density at radius 2 is 1.94 bits per heavy atom. The SMILES string of the molecule is Cc1nn(C)cc1CNc1cc(C)n(C)n1.Cl. The molecule has 0 aliphatic rings. The molecule has 2 aromatic rings. The Labute approximate surface area is 107 Å². The fraction of sp³-hybridized carbons (Fsp3) is 0.455. The summed E-state index contributed by atoms with van der Waals surface area (Å²) in [7, 11) is 3.87. The maximum absolute atomic E-state index is 4.34. The summed E-state index contributed by atoms with van der Waals surface area (Å²) in [6.07, 6.45) is 2.03. The Morgan fingerprint density at radius 3 is 2.41 bits per heavy atom. The van der Waals surface area contributed by atoms with E-state index in [0.29, 0.717) is 0 Å². The van der Waals surface area contributed by atoms with Crippen molar-refractivity contribution in [3.05, 3.63) is 29.2 Å². The second kappa shape index (κ2) is 5.23. The first-order valence-electron chi connectivity index (χ1n) is 5.30. The quantitative estimate of drug-likeness (QED) is 0.910. The first-order chi connectivity index (χ1) is 7.56. The number of nitrogens with one attached hydrogen (secondary N) is 1. The van der Waals surface area contributed by atoms with Gasteiger partial charge in [0.05, 0.1) is 5.69 Å². The van der Waals surface area contributed by atoms with Crippen molar-refractivity contribution in [2.24, 2.45) is 14.1 Å². The highest BCUT2D eigenvalue weighted by Crippen LogP contribution is 2.10. The summed E-state index contributed by atoms with van der Waals surface area (Å²) in [5.74, 6) is 0.906. The van der Waals surface area contributed by atoms with Gasteiger partial charge in [0, 0.05) is 44.2 Å². The first kappa shape index (κ1) is 13.6. The molecule has 2 rings (SSSR count). The number of nitrogens with zero attached hydrogens (tertiary/aromatic N) is 4. The van der Waals surface area contributed by atoms with Crippen molar-refractivity contribution in [1.29, 1.82) is 0 Å². The summed E-state index contributed by atoms with van der Waals surface area (Å²) < 4.78 is 3.69. The lowest BCUT2D eigenvalue weighted by molar-refractivity contribution is 0.741. The molecule has 0 radical (unpaired) electrons.